The van der Waals surface area contributed by atoms with E-state index < -0.39 is 0 Å². The molecule has 1 aliphatic carbocycles. The minimum Gasteiger partial charge on any atom is -0.370 e. The zero-order valence-electron chi connectivity index (χ0n) is 12.2. The number of halogens is 1. The maximum Gasteiger partial charge on any atom is 0.0779 e. The molecule has 112 valence electrons. The van der Waals surface area contributed by atoms with Gasteiger partial charge in [0.1, 0.15) is 0 Å². The molecule has 1 unspecified atom stereocenters. The number of ether oxygens (including phenoxy) is 1. The summed E-state index contributed by atoms with van der Waals surface area (Å²) in [6.07, 6.45) is 11.3. The molecule has 2 fully saturated rings. The van der Waals surface area contributed by atoms with Crippen LogP contribution >= 0.6 is 22.6 Å². The van der Waals surface area contributed by atoms with Gasteiger partial charge in [-0.2, -0.15) is 5.10 Å². The third kappa shape index (κ3) is 2.72. The van der Waals surface area contributed by atoms with Crippen LogP contribution < -0.4 is 0 Å². The molecule has 2 aromatic rings. The predicted molar refractivity (Wildman–Crippen MR) is 92.4 cm³/mol. The van der Waals surface area contributed by atoms with Crippen LogP contribution in [-0.4, -0.2) is 21.5 Å². The van der Waals surface area contributed by atoms with E-state index in [2.05, 4.69) is 50.6 Å². The molecule has 21 heavy (non-hydrogen) atoms. The quantitative estimate of drug-likeness (QED) is 0.698. The molecular weight excluding hydrogens is 375 g/mol. The normalized spacial score (nSPS) is 24.9. The molecule has 0 amide bonds. The van der Waals surface area contributed by atoms with Gasteiger partial charge in [-0.25, -0.2) is 0 Å². The molecule has 1 spiro atoms. The van der Waals surface area contributed by atoms with Crippen LogP contribution in [0.2, 0.25) is 0 Å². The lowest BCUT2D eigenvalue weighted by atomic mass is 9.83. The number of aromatic nitrogens is 2. The highest BCUT2D eigenvalue weighted by molar-refractivity contribution is 14.1. The van der Waals surface area contributed by atoms with Crippen molar-refractivity contribution >= 4 is 33.5 Å². The van der Waals surface area contributed by atoms with Gasteiger partial charge in [0.2, 0.25) is 0 Å². The molecule has 1 aromatic carbocycles. The second-order valence-electron chi connectivity index (χ2n) is 6.55. The summed E-state index contributed by atoms with van der Waals surface area (Å²) in [5.74, 6) is 0. The van der Waals surface area contributed by atoms with E-state index in [1.807, 2.05) is 6.20 Å². The Morgan fingerprint density at radius 2 is 2.10 bits per heavy atom. The molecule has 3 nitrogen and oxygen atoms in total. The fourth-order valence-corrected chi connectivity index (χ4v) is 4.44. The highest BCUT2D eigenvalue weighted by Gasteiger charge is 2.40. The number of benzene rings is 1. The average molecular weight is 396 g/mol. The second-order valence-corrected chi connectivity index (χ2v) is 7.80. The minimum atomic E-state index is 0.209. The molecule has 2 heterocycles. The molecule has 1 aromatic heterocycles. The smallest absolute Gasteiger partial charge is 0.0779 e. The Labute approximate surface area is 139 Å². The molecule has 1 aliphatic heterocycles. The Balaban J connectivity index is 1.52. The van der Waals surface area contributed by atoms with Crippen LogP contribution in [0.1, 0.15) is 44.9 Å². The fourth-order valence-electron chi connectivity index (χ4n) is 3.97. The first-order valence-corrected chi connectivity index (χ1v) is 9.11. The largest absolute Gasteiger partial charge is 0.370 e. The first-order valence-electron chi connectivity index (χ1n) is 8.03. The highest BCUT2D eigenvalue weighted by atomic mass is 127. The number of nitrogens with zero attached hydrogens (tertiary/aromatic N) is 2. The topological polar surface area (TPSA) is 27.1 Å². The van der Waals surface area contributed by atoms with Crippen LogP contribution in [0.5, 0.6) is 0 Å². The summed E-state index contributed by atoms with van der Waals surface area (Å²) < 4.78 is 9.87. The summed E-state index contributed by atoms with van der Waals surface area (Å²) in [6.45, 7) is 0.894. The van der Waals surface area contributed by atoms with Crippen LogP contribution in [-0.2, 0) is 11.3 Å². The maximum absolute atomic E-state index is 6.48. The number of hydrogen-bond donors (Lipinski definition) is 0. The fraction of sp³-hybridized carbons (Fsp3) is 0.588. The van der Waals surface area contributed by atoms with Crippen molar-refractivity contribution in [2.45, 2.75) is 63.2 Å². The predicted octanol–water partition coefficient (Wildman–Crippen LogP) is 4.52. The molecule has 2 aliphatic rings. The SMILES string of the molecule is Ic1ccc2cnn(CC3CCC4(CCCCC4)O3)c2c1. The highest BCUT2D eigenvalue weighted by Crippen LogP contribution is 2.42. The lowest BCUT2D eigenvalue weighted by molar-refractivity contribution is -0.0685. The second kappa shape index (κ2) is 5.54. The number of fused-ring (bicyclic) bond motifs is 1. The lowest BCUT2D eigenvalue weighted by Gasteiger charge is -2.33. The molecule has 4 heteroatoms. The van der Waals surface area contributed by atoms with E-state index in [-0.39, 0.29) is 5.60 Å². The van der Waals surface area contributed by atoms with E-state index >= 15 is 0 Å². The Hall–Kier alpha value is -0.620. The van der Waals surface area contributed by atoms with Crippen molar-refractivity contribution in [2.75, 3.05) is 0 Å². The van der Waals surface area contributed by atoms with Crippen LogP contribution in [0.3, 0.4) is 0 Å². The monoisotopic (exact) mass is 396 g/mol. The van der Waals surface area contributed by atoms with E-state index in [4.69, 9.17) is 4.74 Å². The van der Waals surface area contributed by atoms with E-state index in [1.165, 1.54) is 59.4 Å². The van der Waals surface area contributed by atoms with Gasteiger partial charge in [-0.1, -0.05) is 25.3 Å². The van der Waals surface area contributed by atoms with Gasteiger partial charge >= 0.3 is 0 Å². The van der Waals surface area contributed by atoms with Gasteiger partial charge < -0.3 is 4.74 Å². The van der Waals surface area contributed by atoms with E-state index in [9.17, 15) is 0 Å². The van der Waals surface area contributed by atoms with Crippen molar-refractivity contribution in [3.8, 4) is 0 Å². The average Bonchev–Trinajstić information content (AvgIpc) is 3.06. The number of rotatable bonds is 2. The zero-order valence-corrected chi connectivity index (χ0v) is 14.4. The van der Waals surface area contributed by atoms with Gasteiger partial charge in [0.05, 0.1) is 30.0 Å². The van der Waals surface area contributed by atoms with Crippen LogP contribution in [0, 0.1) is 3.57 Å². The van der Waals surface area contributed by atoms with Gasteiger partial charge in [-0.05, 0) is 60.4 Å². The van der Waals surface area contributed by atoms with Crippen molar-refractivity contribution in [1.29, 1.82) is 0 Å². The molecule has 1 atom stereocenters. The molecule has 1 saturated heterocycles. The molecule has 4 rings (SSSR count). The Bertz CT molecular complexity index is 645. The maximum atomic E-state index is 6.48. The third-order valence-corrected chi connectivity index (χ3v) is 5.76. The third-order valence-electron chi connectivity index (χ3n) is 5.09. The summed E-state index contributed by atoms with van der Waals surface area (Å²) >= 11 is 2.36. The minimum absolute atomic E-state index is 0.209. The Morgan fingerprint density at radius 1 is 1.24 bits per heavy atom. The van der Waals surface area contributed by atoms with Crippen molar-refractivity contribution in [2.24, 2.45) is 0 Å². The van der Waals surface area contributed by atoms with Gasteiger partial charge in [0.25, 0.3) is 0 Å². The van der Waals surface area contributed by atoms with Gasteiger partial charge in [-0.15, -0.1) is 0 Å². The summed E-state index contributed by atoms with van der Waals surface area (Å²) in [6, 6.07) is 6.50. The molecular formula is C17H21IN2O. The zero-order chi connectivity index (χ0) is 14.3. The molecule has 0 bridgehead atoms. The van der Waals surface area contributed by atoms with Crippen LogP contribution in [0.4, 0.5) is 0 Å². The van der Waals surface area contributed by atoms with E-state index in [0.29, 0.717) is 6.10 Å². The molecule has 1 saturated carbocycles. The van der Waals surface area contributed by atoms with Crippen molar-refractivity contribution in [1.82, 2.24) is 9.78 Å². The van der Waals surface area contributed by atoms with Crippen molar-refractivity contribution in [3.63, 3.8) is 0 Å². The summed E-state index contributed by atoms with van der Waals surface area (Å²) in [7, 11) is 0. The Kier molecular flexibility index (Phi) is 3.69. The summed E-state index contributed by atoms with van der Waals surface area (Å²) in [4.78, 5) is 0. The standard InChI is InChI=1S/C17H21IN2O/c18-14-5-4-13-11-19-20(16(13)10-14)12-15-6-9-17(21-15)7-2-1-3-8-17/h4-5,10-11,15H,1-3,6-9,12H2. The molecule has 0 N–H and O–H groups in total. The number of hydrogen-bond acceptors (Lipinski definition) is 2. The van der Waals surface area contributed by atoms with Gasteiger partial charge in [-0.3, -0.25) is 4.68 Å². The molecule has 0 radical (unpaired) electrons. The van der Waals surface area contributed by atoms with Crippen molar-refractivity contribution < 1.29 is 4.74 Å². The first-order chi connectivity index (χ1) is 10.2. The van der Waals surface area contributed by atoms with Gasteiger partial charge in [0.15, 0.2) is 0 Å². The van der Waals surface area contributed by atoms with E-state index in [1.54, 1.807) is 0 Å². The van der Waals surface area contributed by atoms with Crippen LogP contribution in [0.15, 0.2) is 24.4 Å². The van der Waals surface area contributed by atoms with Gasteiger partial charge in [0, 0.05) is 8.96 Å². The van der Waals surface area contributed by atoms with Crippen LogP contribution in [0.25, 0.3) is 10.9 Å². The summed E-state index contributed by atoms with van der Waals surface area (Å²) in [5.41, 5.74) is 1.44. The summed E-state index contributed by atoms with van der Waals surface area (Å²) in [5, 5.41) is 5.79. The van der Waals surface area contributed by atoms with E-state index in [0.717, 1.165) is 6.54 Å². The van der Waals surface area contributed by atoms with Crippen molar-refractivity contribution in [3.05, 3.63) is 28.0 Å². The Morgan fingerprint density at radius 3 is 2.95 bits per heavy atom. The lowest BCUT2D eigenvalue weighted by Crippen LogP contribution is -2.32. The first kappa shape index (κ1) is 14.0.